The predicted molar refractivity (Wildman–Crippen MR) is 103 cm³/mol. The molecule has 2 rings (SSSR count). The highest BCUT2D eigenvalue weighted by atomic mass is 16.5. The van der Waals surface area contributed by atoms with Crippen molar-refractivity contribution < 1.29 is 9.84 Å². The number of nitrogens with one attached hydrogen (secondary N) is 2. The Kier molecular flexibility index (Phi) is 8.77. The van der Waals surface area contributed by atoms with Gasteiger partial charge in [0.2, 0.25) is 0 Å². The van der Waals surface area contributed by atoms with Gasteiger partial charge in [-0.05, 0) is 32.3 Å². The summed E-state index contributed by atoms with van der Waals surface area (Å²) in [5, 5.41) is 16.9. The molecule has 5 heteroatoms. The number of ether oxygens (including phenoxy) is 1. The zero-order valence-corrected chi connectivity index (χ0v) is 15.6. The molecular weight excluding hydrogens is 314 g/mol. The van der Waals surface area contributed by atoms with Gasteiger partial charge in [0.05, 0.1) is 25.4 Å². The Morgan fingerprint density at radius 2 is 1.96 bits per heavy atom. The first-order chi connectivity index (χ1) is 12.2. The van der Waals surface area contributed by atoms with Crippen LogP contribution in [0.4, 0.5) is 0 Å². The molecular formula is C20H33N3O2. The Bertz CT molecular complexity index is 501. The maximum atomic E-state index is 10.2. The van der Waals surface area contributed by atoms with E-state index in [1.165, 1.54) is 32.1 Å². The second-order valence-electron chi connectivity index (χ2n) is 6.74. The zero-order valence-electron chi connectivity index (χ0n) is 15.6. The summed E-state index contributed by atoms with van der Waals surface area (Å²) in [4.78, 5) is 4.52. The van der Waals surface area contributed by atoms with E-state index in [0.717, 1.165) is 18.1 Å². The van der Waals surface area contributed by atoms with Crippen LogP contribution < -0.4 is 10.6 Å². The van der Waals surface area contributed by atoms with Gasteiger partial charge in [-0.25, -0.2) is 0 Å². The SMILES string of the molecule is CCNC(=NCC(O)COC(C)c1ccccc1)NC1CCCCC1. The molecule has 140 valence electrons. The molecule has 0 saturated heterocycles. The largest absolute Gasteiger partial charge is 0.389 e. The Morgan fingerprint density at radius 1 is 1.24 bits per heavy atom. The molecule has 5 nitrogen and oxygen atoms in total. The minimum atomic E-state index is -0.604. The van der Waals surface area contributed by atoms with Gasteiger partial charge in [0.15, 0.2) is 5.96 Å². The van der Waals surface area contributed by atoms with E-state index < -0.39 is 6.10 Å². The number of guanidine groups is 1. The van der Waals surface area contributed by atoms with Crippen LogP contribution in [0.2, 0.25) is 0 Å². The zero-order chi connectivity index (χ0) is 17.9. The molecule has 0 bridgehead atoms. The Balaban J connectivity index is 1.76. The van der Waals surface area contributed by atoms with Crippen LogP contribution in [0.25, 0.3) is 0 Å². The molecule has 1 saturated carbocycles. The third kappa shape index (κ3) is 7.45. The number of rotatable bonds is 8. The highest BCUT2D eigenvalue weighted by Gasteiger charge is 2.15. The second-order valence-corrected chi connectivity index (χ2v) is 6.74. The van der Waals surface area contributed by atoms with Gasteiger partial charge in [0.1, 0.15) is 0 Å². The Hall–Kier alpha value is -1.59. The van der Waals surface area contributed by atoms with Crippen LogP contribution in [0.1, 0.15) is 57.6 Å². The summed E-state index contributed by atoms with van der Waals surface area (Å²) in [6, 6.07) is 10.5. The van der Waals surface area contributed by atoms with Gasteiger partial charge in [-0.15, -0.1) is 0 Å². The summed E-state index contributed by atoms with van der Waals surface area (Å²) < 4.78 is 5.77. The molecule has 1 aliphatic carbocycles. The standard InChI is InChI=1S/C20H33N3O2/c1-3-21-20(23-18-12-8-5-9-13-18)22-14-19(24)15-25-16(2)17-10-6-4-7-11-17/h4,6-7,10-11,16,18-19,24H,3,5,8-9,12-15H2,1-2H3,(H2,21,22,23). The first-order valence-electron chi connectivity index (χ1n) is 9.58. The first-order valence-corrected chi connectivity index (χ1v) is 9.58. The fraction of sp³-hybridized carbons (Fsp3) is 0.650. The van der Waals surface area contributed by atoms with E-state index in [1.807, 2.05) is 37.3 Å². The minimum absolute atomic E-state index is 0.0339. The summed E-state index contributed by atoms with van der Waals surface area (Å²) in [6.07, 6.45) is 5.66. The van der Waals surface area contributed by atoms with Crippen LogP contribution in [0.5, 0.6) is 0 Å². The number of aliphatic imine (C=N–C) groups is 1. The minimum Gasteiger partial charge on any atom is -0.389 e. The van der Waals surface area contributed by atoms with Gasteiger partial charge in [-0.1, -0.05) is 49.6 Å². The molecule has 0 radical (unpaired) electrons. The number of aliphatic hydroxyl groups excluding tert-OH is 1. The van der Waals surface area contributed by atoms with Crippen molar-refractivity contribution in [2.24, 2.45) is 4.99 Å². The van der Waals surface area contributed by atoms with E-state index in [0.29, 0.717) is 12.6 Å². The van der Waals surface area contributed by atoms with Crippen LogP contribution in [0, 0.1) is 0 Å². The van der Waals surface area contributed by atoms with Crippen molar-refractivity contribution in [3.05, 3.63) is 35.9 Å². The monoisotopic (exact) mass is 347 g/mol. The van der Waals surface area contributed by atoms with Crippen molar-refractivity contribution in [2.75, 3.05) is 19.7 Å². The molecule has 0 heterocycles. The first kappa shape index (κ1) is 19.7. The van der Waals surface area contributed by atoms with Gasteiger partial charge in [0, 0.05) is 12.6 Å². The van der Waals surface area contributed by atoms with Crippen LogP contribution >= 0.6 is 0 Å². The second kappa shape index (κ2) is 11.1. The highest BCUT2D eigenvalue weighted by Crippen LogP contribution is 2.17. The smallest absolute Gasteiger partial charge is 0.191 e. The Labute approximate surface area is 151 Å². The summed E-state index contributed by atoms with van der Waals surface area (Å²) in [7, 11) is 0. The normalized spacial score (nSPS) is 18.6. The van der Waals surface area contributed by atoms with Gasteiger partial charge >= 0.3 is 0 Å². The average Bonchev–Trinajstić information content (AvgIpc) is 2.66. The molecule has 2 atom stereocenters. The lowest BCUT2D eigenvalue weighted by Gasteiger charge is -2.25. The molecule has 1 aromatic rings. The van der Waals surface area contributed by atoms with Gasteiger partial charge in [-0.2, -0.15) is 0 Å². The van der Waals surface area contributed by atoms with E-state index in [-0.39, 0.29) is 12.7 Å². The summed E-state index contributed by atoms with van der Waals surface area (Å²) >= 11 is 0. The maximum absolute atomic E-state index is 10.2. The lowest BCUT2D eigenvalue weighted by molar-refractivity contribution is 0.00111. The molecule has 2 unspecified atom stereocenters. The number of benzene rings is 1. The summed E-state index contributed by atoms with van der Waals surface area (Å²) in [5.41, 5.74) is 1.12. The average molecular weight is 348 g/mol. The molecule has 1 aliphatic rings. The molecule has 0 spiro atoms. The van der Waals surface area contributed by atoms with Crippen molar-refractivity contribution in [3.8, 4) is 0 Å². The maximum Gasteiger partial charge on any atom is 0.191 e. The molecule has 1 fully saturated rings. The van der Waals surface area contributed by atoms with E-state index in [2.05, 4.69) is 22.5 Å². The quantitative estimate of drug-likeness (QED) is 0.500. The number of aliphatic hydroxyl groups is 1. The highest BCUT2D eigenvalue weighted by molar-refractivity contribution is 5.80. The Morgan fingerprint density at radius 3 is 2.64 bits per heavy atom. The van der Waals surface area contributed by atoms with Crippen LogP contribution in [-0.4, -0.2) is 42.9 Å². The third-order valence-corrected chi connectivity index (χ3v) is 4.56. The van der Waals surface area contributed by atoms with Crippen molar-refractivity contribution in [1.82, 2.24) is 10.6 Å². The molecule has 0 aromatic heterocycles. The van der Waals surface area contributed by atoms with Crippen LogP contribution in [0.15, 0.2) is 35.3 Å². The predicted octanol–water partition coefficient (Wildman–Crippen LogP) is 3.01. The fourth-order valence-corrected chi connectivity index (χ4v) is 3.09. The van der Waals surface area contributed by atoms with Crippen LogP contribution in [-0.2, 0) is 4.74 Å². The van der Waals surface area contributed by atoms with Crippen molar-refractivity contribution in [2.45, 2.75) is 64.2 Å². The third-order valence-electron chi connectivity index (χ3n) is 4.56. The summed E-state index contributed by atoms with van der Waals surface area (Å²) in [5.74, 6) is 0.796. The van der Waals surface area contributed by atoms with E-state index >= 15 is 0 Å². The topological polar surface area (TPSA) is 65.9 Å². The van der Waals surface area contributed by atoms with Crippen molar-refractivity contribution in [1.29, 1.82) is 0 Å². The van der Waals surface area contributed by atoms with E-state index in [9.17, 15) is 5.11 Å². The summed E-state index contributed by atoms with van der Waals surface area (Å²) in [6.45, 7) is 5.49. The van der Waals surface area contributed by atoms with Crippen molar-refractivity contribution in [3.63, 3.8) is 0 Å². The molecule has 25 heavy (non-hydrogen) atoms. The number of hydrogen-bond donors (Lipinski definition) is 3. The van der Waals surface area contributed by atoms with Gasteiger partial charge in [0.25, 0.3) is 0 Å². The lowest BCUT2D eigenvalue weighted by atomic mass is 9.96. The molecule has 3 N–H and O–H groups in total. The molecule has 0 aliphatic heterocycles. The molecule has 0 amide bonds. The number of hydrogen-bond acceptors (Lipinski definition) is 3. The van der Waals surface area contributed by atoms with Crippen molar-refractivity contribution >= 4 is 5.96 Å². The van der Waals surface area contributed by atoms with Gasteiger partial charge in [-0.3, -0.25) is 4.99 Å². The fourth-order valence-electron chi connectivity index (χ4n) is 3.09. The van der Waals surface area contributed by atoms with Crippen LogP contribution in [0.3, 0.4) is 0 Å². The number of nitrogens with zero attached hydrogens (tertiary/aromatic N) is 1. The van der Waals surface area contributed by atoms with E-state index in [4.69, 9.17) is 4.74 Å². The molecule has 1 aromatic carbocycles. The van der Waals surface area contributed by atoms with Gasteiger partial charge < -0.3 is 20.5 Å². The van der Waals surface area contributed by atoms with E-state index in [1.54, 1.807) is 0 Å². The lowest BCUT2D eigenvalue weighted by Crippen LogP contribution is -2.44.